The predicted octanol–water partition coefficient (Wildman–Crippen LogP) is -0.182. The van der Waals surface area contributed by atoms with Crippen molar-refractivity contribution in [1.82, 2.24) is 9.62 Å². The first-order valence-electron chi connectivity index (χ1n) is 5.82. The fourth-order valence-electron chi connectivity index (χ4n) is 1.92. The van der Waals surface area contributed by atoms with E-state index in [9.17, 15) is 23.1 Å². The van der Waals surface area contributed by atoms with E-state index in [-0.39, 0.29) is 10.6 Å². The van der Waals surface area contributed by atoms with E-state index in [0.717, 1.165) is 10.4 Å². The maximum Gasteiger partial charge on any atom is 0.247 e. The van der Waals surface area contributed by atoms with Gasteiger partial charge in [0.15, 0.2) is 0 Å². The average Bonchev–Trinajstić information content (AvgIpc) is 2.34. The van der Waals surface area contributed by atoms with Crippen molar-refractivity contribution < 1.29 is 23.1 Å². The molecule has 8 heteroatoms. The molecule has 0 bridgehead atoms. The van der Waals surface area contributed by atoms with Crippen molar-refractivity contribution in [2.75, 3.05) is 6.54 Å². The quantitative estimate of drug-likeness (QED) is 0.737. The Labute approximate surface area is 116 Å². The number of benzene rings is 1. The lowest BCUT2D eigenvalue weighted by Gasteiger charge is -2.38. The van der Waals surface area contributed by atoms with Gasteiger partial charge in [0.25, 0.3) is 0 Å². The molecular weight excluding hydrogens is 284 g/mol. The molecule has 0 atom stereocenters. The molecule has 0 aromatic heterocycles. The summed E-state index contributed by atoms with van der Waals surface area (Å²) in [5.41, 5.74) is -1.39. The first-order valence-corrected chi connectivity index (χ1v) is 7.26. The number of piperazine rings is 1. The van der Waals surface area contributed by atoms with Crippen molar-refractivity contribution in [3.05, 3.63) is 24.3 Å². The lowest BCUT2D eigenvalue weighted by atomic mass is 10.0. The second-order valence-electron chi connectivity index (χ2n) is 4.95. The Kier molecular flexibility index (Phi) is 3.31. The number of nitrogens with zero attached hydrogens (tertiary/aromatic N) is 1. The zero-order valence-electron chi connectivity index (χ0n) is 11.0. The Hall–Kier alpha value is -1.93. The minimum atomic E-state index is -4.07. The number of aromatic hydroxyl groups is 1. The summed E-state index contributed by atoms with van der Waals surface area (Å²) >= 11 is 0. The van der Waals surface area contributed by atoms with Gasteiger partial charge in [0.1, 0.15) is 11.3 Å². The third-order valence-electron chi connectivity index (χ3n) is 3.12. The van der Waals surface area contributed by atoms with Crippen molar-refractivity contribution in [1.29, 1.82) is 0 Å². The van der Waals surface area contributed by atoms with E-state index < -0.39 is 33.9 Å². The summed E-state index contributed by atoms with van der Waals surface area (Å²) in [6.45, 7) is 2.38. The molecular formula is C12H14N2O5S. The van der Waals surface area contributed by atoms with Crippen LogP contribution in [0.15, 0.2) is 29.2 Å². The molecule has 1 aliphatic heterocycles. The van der Waals surface area contributed by atoms with Crippen LogP contribution in [0.4, 0.5) is 0 Å². The highest BCUT2D eigenvalue weighted by molar-refractivity contribution is 7.89. The molecule has 1 saturated heterocycles. The number of nitrogens with one attached hydrogen (secondary N) is 1. The summed E-state index contributed by atoms with van der Waals surface area (Å²) in [7, 11) is -4.07. The van der Waals surface area contributed by atoms with Crippen LogP contribution < -0.4 is 5.32 Å². The largest absolute Gasteiger partial charge is 0.508 e. The Bertz CT molecular complexity index is 681. The number of amides is 2. The van der Waals surface area contributed by atoms with Gasteiger partial charge in [-0.2, -0.15) is 4.31 Å². The van der Waals surface area contributed by atoms with Crippen LogP contribution in [0.25, 0.3) is 0 Å². The van der Waals surface area contributed by atoms with Crippen LogP contribution in [0.5, 0.6) is 5.75 Å². The number of carbonyl (C=O) groups excluding carboxylic acids is 2. The molecule has 7 nitrogen and oxygen atoms in total. The topological polar surface area (TPSA) is 104 Å². The molecule has 2 amide bonds. The SMILES string of the molecule is CC1(C)C(=O)NC(=O)CN1S(=O)(=O)c1cccc(O)c1. The van der Waals surface area contributed by atoms with Crippen LogP contribution in [-0.4, -0.2) is 41.7 Å². The lowest BCUT2D eigenvalue weighted by molar-refractivity contribution is -0.141. The van der Waals surface area contributed by atoms with E-state index in [1.54, 1.807) is 0 Å². The van der Waals surface area contributed by atoms with Crippen molar-refractivity contribution in [2.45, 2.75) is 24.3 Å². The predicted molar refractivity (Wildman–Crippen MR) is 69.2 cm³/mol. The first kappa shape index (κ1) is 14.5. The van der Waals surface area contributed by atoms with E-state index in [0.29, 0.717) is 0 Å². The molecule has 2 rings (SSSR count). The van der Waals surface area contributed by atoms with Gasteiger partial charge in [-0.1, -0.05) is 6.07 Å². The Morgan fingerprint density at radius 2 is 1.95 bits per heavy atom. The molecule has 1 aliphatic rings. The molecule has 1 aromatic rings. The first-order chi connectivity index (χ1) is 9.15. The number of rotatable bonds is 2. The lowest BCUT2D eigenvalue weighted by Crippen LogP contribution is -2.65. The van der Waals surface area contributed by atoms with Gasteiger partial charge in [0, 0.05) is 0 Å². The number of hydrogen-bond donors (Lipinski definition) is 2. The zero-order valence-corrected chi connectivity index (χ0v) is 11.8. The van der Waals surface area contributed by atoms with E-state index in [1.807, 2.05) is 0 Å². The summed E-state index contributed by atoms with van der Waals surface area (Å²) in [4.78, 5) is 23.1. The second kappa shape index (κ2) is 4.57. The van der Waals surface area contributed by atoms with Gasteiger partial charge in [-0.25, -0.2) is 8.42 Å². The molecule has 1 heterocycles. The summed E-state index contributed by atoms with van der Waals surface area (Å²) in [6.07, 6.45) is 0. The molecule has 2 N–H and O–H groups in total. The van der Waals surface area contributed by atoms with Gasteiger partial charge >= 0.3 is 0 Å². The Morgan fingerprint density at radius 3 is 2.55 bits per heavy atom. The Balaban J connectivity index is 2.52. The third-order valence-corrected chi connectivity index (χ3v) is 5.14. The normalized spacial score (nSPS) is 19.7. The molecule has 108 valence electrons. The van der Waals surface area contributed by atoms with Crippen LogP contribution >= 0.6 is 0 Å². The maximum atomic E-state index is 12.5. The molecule has 0 spiro atoms. The maximum absolute atomic E-state index is 12.5. The third kappa shape index (κ3) is 2.27. The molecule has 0 saturated carbocycles. The average molecular weight is 298 g/mol. The van der Waals surface area contributed by atoms with Gasteiger partial charge < -0.3 is 5.11 Å². The van der Waals surface area contributed by atoms with Gasteiger partial charge in [-0.15, -0.1) is 0 Å². The highest BCUT2D eigenvalue weighted by Gasteiger charge is 2.47. The molecule has 0 radical (unpaired) electrons. The van der Waals surface area contributed by atoms with Gasteiger partial charge in [-0.05, 0) is 32.0 Å². The standard InChI is InChI=1S/C12H14N2O5S/c1-12(2)11(17)13-10(16)7-14(12)20(18,19)9-5-3-4-8(15)6-9/h3-6,15H,7H2,1-2H3,(H,13,16,17). The van der Waals surface area contributed by atoms with E-state index in [4.69, 9.17) is 0 Å². The van der Waals surface area contributed by atoms with E-state index in [2.05, 4.69) is 5.32 Å². The van der Waals surface area contributed by atoms with E-state index >= 15 is 0 Å². The Morgan fingerprint density at radius 1 is 1.30 bits per heavy atom. The highest BCUT2D eigenvalue weighted by Crippen LogP contribution is 2.28. The fourth-order valence-corrected chi connectivity index (χ4v) is 3.66. The summed E-state index contributed by atoms with van der Waals surface area (Å²) in [6, 6.07) is 5.07. The van der Waals surface area contributed by atoms with Crippen molar-refractivity contribution in [3.8, 4) is 5.75 Å². The van der Waals surface area contributed by atoms with Crippen LogP contribution in [0.3, 0.4) is 0 Å². The van der Waals surface area contributed by atoms with Crippen molar-refractivity contribution >= 4 is 21.8 Å². The van der Waals surface area contributed by atoms with Crippen molar-refractivity contribution in [3.63, 3.8) is 0 Å². The smallest absolute Gasteiger partial charge is 0.247 e. The number of sulfonamides is 1. The minimum absolute atomic E-state index is 0.173. The van der Waals surface area contributed by atoms with Gasteiger partial charge in [0.05, 0.1) is 11.4 Å². The fraction of sp³-hybridized carbons (Fsp3) is 0.333. The molecule has 0 unspecified atom stereocenters. The van der Waals surface area contributed by atoms with Crippen LogP contribution in [0, 0.1) is 0 Å². The molecule has 0 aliphatic carbocycles. The number of phenolic OH excluding ortho intramolecular Hbond substituents is 1. The van der Waals surface area contributed by atoms with Gasteiger partial charge in [-0.3, -0.25) is 14.9 Å². The summed E-state index contributed by atoms with van der Waals surface area (Å²) in [5.74, 6) is -1.58. The number of phenols is 1. The minimum Gasteiger partial charge on any atom is -0.508 e. The number of hydrogen-bond acceptors (Lipinski definition) is 5. The highest BCUT2D eigenvalue weighted by atomic mass is 32.2. The van der Waals surface area contributed by atoms with Crippen molar-refractivity contribution in [2.24, 2.45) is 0 Å². The summed E-state index contributed by atoms with van der Waals surface area (Å²) < 4.78 is 25.9. The van der Waals surface area contributed by atoms with Gasteiger partial charge in [0.2, 0.25) is 21.8 Å². The van der Waals surface area contributed by atoms with Crippen LogP contribution in [-0.2, 0) is 19.6 Å². The molecule has 20 heavy (non-hydrogen) atoms. The number of carbonyl (C=O) groups is 2. The monoisotopic (exact) mass is 298 g/mol. The van der Waals surface area contributed by atoms with Crippen LogP contribution in [0.2, 0.25) is 0 Å². The molecule has 1 fully saturated rings. The van der Waals surface area contributed by atoms with E-state index in [1.165, 1.54) is 32.0 Å². The number of imide groups is 1. The zero-order chi connectivity index (χ0) is 15.1. The molecule has 1 aromatic carbocycles. The van der Waals surface area contributed by atoms with Crippen LogP contribution in [0.1, 0.15) is 13.8 Å². The summed E-state index contributed by atoms with van der Waals surface area (Å²) in [5, 5.41) is 11.5. The second-order valence-corrected chi connectivity index (χ2v) is 6.81.